The standard InChI is InChI=1S/C14H22N4O2/c1-2-3-6-15-13(19)11-4-7-18(8-5-11)14(20)12-9-16-17-10-12/h9-11H,2-8H2,1H3,(H,15,19)(H,16,17). The quantitative estimate of drug-likeness (QED) is 0.794. The third-order valence-corrected chi connectivity index (χ3v) is 3.73. The molecule has 0 aromatic carbocycles. The van der Waals surface area contributed by atoms with Gasteiger partial charge in [0.1, 0.15) is 0 Å². The van der Waals surface area contributed by atoms with Crippen LogP contribution in [-0.4, -0.2) is 46.5 Å². The summed E-state index contributed by atoms with van der Waals surface area (Å²) in [4.78, 5) is 25.9. The molecule has 1 aliphatic heterocycles. The Morgan fingerprint density at radius 2 is 2.20 bits per heavy atom. The lowest BCUT2D eigenvalue weighted by atomic mass is 9.95. The van der Waals surface area contributed by atoms with Gasteiger partial charge in [0.15, 0.2) is 0 Å². The highest BCUT2D eigenvalue weighted by atomic mass is 16.2. The van der Waals surface area contributed by atoms with Crippen LogP contribution >= 0.6 is 0 Å². The second-order valence-electron chi connectivity index (χ2n) is 5.20. The molecule has 2 heterocycles. The van der Waals surface area contributed by atoms with Crippen LogP contribution in [0.5, 0.6) is 0 Å². The van der Waals surface area contributed by atoms with Crippen LogP contribution in [0.15, 0.2) is 12.4 Å². The van der Waals surface area contributed by atoms with E-state index in [0.717, 1.165) is 32.2 Å². The summed E-state index contributed by atoms with van der Waals surface area (Å²) >= 11 is 0. The minimum Gasteiger partial charge on any atom is -0.356 e. The van der Waals surface area contributed by atoms with Crippen molar-refractivity contribution in [3.05, 3.63) is 18.0 Å². The van der Waals surface area contributed by atoms with Gasteiger partial charge in [-0.15, -0.1) is 0 Å². The van der Waals surface area contributed by atoms with Crippen molar-refractivity contribution in [1.82, 2.24) is 20.4 Å². The molecule has 0 bridgehead atoms. The van der Waals surface area contributed by atoms with Crippen LogP contribution in [0.1, 0.15) is 43.0 Å². The van der Waals surface area contributed by atoms with Crippen LogP contribution in [0.2, 0.25) is 0 Å². The van der Waals surface area contributed by atoms with Crippen LogP contribution in [-0.2, 0) is 4.79 Å². The van der Waals surface area contributed by atoms with Gasteiger partial charge >= 0.3 is 0 Å². The Balaban J connectivity index is 1.77. The maximum atomic E-state index is 12.1. The first-order chi connectivity index (χ1) is 9.72. The second kappa shape index (κ2) is 7.07. The first kappa shape index (κ1) is 14.6. The van der Waals surface area contributed by atoms with E-state index in [1.54, 1.807) is 11.1 Å². The average molecular weight is 278 g/mol. The van der Waals surface area contributed by atoms with Gasteiger partial charge in [-0.25, -0.2) is 0 Å². The number of nitrogens with zero attached hydrogens (tertiary/aromatic N) is 2. The number of carbonyl (C=O) groups excluding carboxylic acids is 2. The number of aromatic nitrogens is 2. The summed E-state index contributed by atoms with van der Waals surface area (Å²) in [6.45, 7) is 4.13. The zero-order valence-electron chi connectivity index (χ0n) is 11.9. The number of aromatic amines is 1. The molecule has 1 fully saturated rings. The van der Waals surface area contributed by atoms with E-state index in [-0.39, 0.29) is 17.7 Å². The molecule has 2 rings (SSSR count). The molecule has 20 heavy (non-hydrogen) atoms. The number of rotatable bonds is 5. The van der Waals surface area contributed by atoms with E-state index in [1.807, 2.05) is 0 Å². The molecule has 0 atom stereocenters. The molecule has 0 unspecified atom stereocenters. The number of hydrogen-bond donors (Lipinski definition) is 2. The van der Waals surface area contributed by atoms with Gasteiger partial charge in [-0.1, -0.05) is 13.3 Å². The van der Waals surface area contributed by atoms with Crippen molar-refractivity contribution in [1.29, 1.82) is 0 Å². The van der Waals surface area contributed by atoms with Gasteiger partial charge in [0, 0.05) is 31.7 Å². The fourth-order valence-electron chi connectivity index (χ4n) is 2.43. The number of carbonyl (C=O) groups is 2. The van der Waals surface area contributed by atoms with Gasteiger partial charge < -0.3 is 10.2 Å². The Hall–Kier alpha value is -1.85. The van der Waals surface area contributed by atoms with Crippen molar-refractivity contribution in [3.63, 3.8) is 0 Å². The van der Waals surface area contributed by atoms with Crippen LogP contribution in [0.4, 0.5) is 0 Å². The number of hydrogen-bond acceptors (Lipinski definition) is 3. The van der Waals surface area contributed by atoms with Crippen molar-refractivity contribution < 1.29 is 9.59 Å². The fraction of sp³-hybridized carbons (Fsp3) is 0.643. The van der Waals surface area contributed by atoms with Gasteiger partial charge in [0.25, 0.3) is 5.91 Å². The van der Waals surface area contributed by atoms with E-state index in [9.17, 15) is 9.59 Å². The maximum absolute atomic E-state index is 12.1. The Morgan fingerprint density at radius 3 is 2.80 bits per heavy atom. The van der Waals surface area contributed by atoms with E-state index in [2.05, 4.69) is 22.4 Å². The van der Waals surface area contributed by atoms with Gasteiger partial charge in [0.05, 0.1) is 11.8 Å². The SMILES string of the molecule is CCCCNC(=O)C1CCN(C(=O)c2cn[nH]c2)CC1. The first-order valence-electron chi connectivity index (χ1n) is 7.28. The van der Waals surface area contributed by atoms with Crippen LogP contribution in [0, 0.1) is 5.92 Å². The monoisotopic (exact) mass is 278 g/mol. The van der Waals surface area contributed by atoms with Crippen LogP contribution < -0.4 is 5.32 Å². The largest absolute Gasteiger partial charge is 0.356 e. The number of piperidine rings is 1. The number of nitrogens with one attached hydrogen (secondary N) is 2. The number of likely N-dealkylation sites (tertiary alicyclic amines) is 1. The Morgan fingerprint density at radius 1 is 1.45 bits per heavy atom. The maximum Gasteiger partial charge on any atom is 0.257 e. The van der Waals surface area contributed by atoms with Crippen LogP contribution in [0.25, 0.3) is 0 Å². The van der Waals surface area contributed by atoms with Gasteiger partial charge in [-0.3, -0.25) is 14.7 Å². The lowest BCUT2D eigenvalue weighted by Crippen LogP contribution is -2.43. The van der Waals surface area contributed by atoms with E-state index in [0.29, 0.717) is 18.7 Å². The van der Waals surface area contributed by atoms with Crippen molar-refractivity contribution in [2.75, 3.05) is 19.6 Å². The van der Waals surface area contributed by atoms with E-state index in [4.69, 9.17) is 0 Å². The summed E-state index contributed by atoms with van der Waals surface area (Å²) in [7, 11) is 0. The third-order valence-electron chi connectivity index (χ3n) is 3.73. The number of H-pyrrole nitrogens is 1. The van der Waals surface area contributed by atoms with Crippen molar-refractivity contribution >= 4 is 11.8 Å². The predicted octanol–water partition coefficient (Wildman–Crippen LogP) is 1.18. The van der Waals surface area contributed by atoms with E-state index in [1.165, 1.54) is 6.20 Å². The van der Waals surface area contributed by atoms with Crippen LogP contribution in [0.3, 0.4) is 0 Å². The van der Waals surface area contributed by atoms with Gasteiger partial charge in [0.2, 0.25) is 5.91 Å². The third kappa shape index (κ3) is 3.59. The molecule has 2 amide bonds. The molecule has 1 saturated heterocycles. The lowest BCUT2D eigenvalue weighted by molar-refractivity contribution is -0.126. The predicted molar refractivity (Wildman–Crippen MR) is 75.1 cm³/mol. The van der Waals surface area contributed by atoms with Gasteiger partial charge in [-0.2, -0.15) is 5.10 Å². The average Bonchev–Trinajstić information content (AvgIpc) is 3.01. The van der Waals surface area contributed by atoms with E-state index >= 15 is 0 Å². The second-order valence-corrected chi connectivity index (χ2v) is 5.20. The molecule has 6 nitrogen and oxygen atoms in total. The lowest BCUT2D eigenvalue weighted by Gasteiger charge is -2.31. The van der Waals surface area contributed by atoms with Crippen molar-refractivity contribution in [2.45, 2.75) is 32.6 Å². The summed E-state index contributed by atoms with van der Waals surface area (Å²) in [5.41, 5.74) is 0.579. The first-order valence-corrected chi connectivity index (χ1v) is 7.28. The normalized spacial score (nSPS) is 16.1. The summed E-state index contributed by atoms with van der Waals surface area (Å²) < 4.78 is 0. The molecule has 0 radical (unpaired) electrons. The molecule has 2 N–H and O–H groups in total. The minimum absolute atomic E-state index is 0.0106. The van der Waals surface area contributed by atoms with Crippen molar-refractivity contribution in [2.24, 2.45) is 5.92 Å². The molecule has 1 aromatic heterocycles. The molecule has 1 aromatic rings. The molecule has 1 aliphatic rings. The van der Waals surface area contributed by atoms with Crippen molar-refractivity contribution in [3.8, 4) is 0 Å². The summed E-state index contributed by atoms with van der Waals surface area (Å²) in [6, 6.07) is 0. The highest BCUT2D eigenvalue weighted by molar-refractivity contribution is 5.93. The van der Waals surface area contributed by atoms with E-state index < -0.39 is 0 Å². The molecule has 0 aliphatic carbocycles. The molecular weight excluding hydrogens is 256 g/mol. The number of amides is 2. The Bertz CT molecular complexity index is 436. The molecule has 110 valence electrons. The zero-order valence-corrected chi connectivity index (χ0v) is 11.9. The summed E-state index contributed by atoms with van der Waals surface area (Å²) in [5.74, 6) is 0.165. The highest BCUT2D eigenvalue weighted by Gasteiger charge is 2.27. The topological polar surface area (TPSA) is 78.1 Å². The fourth-order valence-corrected chi connectivity index (χ4v) is 2.43. The highest BCUT2D eigenvalue weighted by Crippen LogP contribution is 2.19. The Labute approximate surface area is 118 Å². The number of unbranched alkanes of at least 4 members (excludes halogenated alkanes) is 1. The zero-order chi connectivity index (χ0) is 14.4. The van der Waals surface area contributed by atoms with Gasteiger partial charge in [-0.05, 0) is 19.3 Å². The summed E-state index contributed by atoms with van der Waals surface area (Å²) in [5, 5.41) is 9.40. The molecule has 6 heteroatoms. The molecular formula is C14H22N4O2. The Kier molecular flexibility index (Phi) is 5.15. The summed E-state index contributed by atoms with van der Waals surface area (Å²) in [6.07, 6.45) is 6.71. The minimum atomic E-state index is -0.0106. The molecule has 0 spiro atoms. The smallest absolute Gasteiger partial charge is 0.257 e. The molecule has 0 saturated carbocycles.